The molecule has 2 aromatic rings. The molecule has 9 heteroatoms. The molecule has 0 aromatic heterocycles. The van der Waals surface area contributed by atoms with Crippen LogP contribution in [0.2, 0.25) is 0 Å². The van der Waals surface area contributed by atoms with Crippen molar-refractivity contribution in [2.45, 2.75) is 11.6 Å². The summed E-state index contributed by atoms with van der Waals surface area (Å²) in [7, 11) is -3.00. The predicted molar refractivity (Wildman–Crippen MR) is 78.7 cm³/mol. The quantitative estimate of drug-likeness (QED) is 0.455. The number of halogens is 1. The maximum atomic E-state index is 13.0. The maximum absolute atomic E-state index is 13.0. The fraction of sp³-hybridized carbons (Fsp3) is 0.143. The Bertz CT molecular complexity index is 797. The highest BCUT2D eigenvalue weighted by atomic mass is 32.2. The number of ether oxygens (including phenoxy) is 1. The third kappa shape index (κ3) is 3.57. The van der Waals surface area contributed by atoms with E-state index >= 15 is 0 Å². The summed E-state index contributed by atoms with van der Waals surface area (Å²) in [5.41, 5.74) is -0.250. The molecule has 0 saturated carbocycles. The van der Waals surface area contributed by atoms with Crippen molar-refractivity contribution < 1.29 is 26.7 Å². The van der Waals surface area contributed by atoms with Gasteiger partial charge in [0.2, 0.25) is 0 Å². The van der Waals surface area contributed by atoms with Gasteiger partial charge in [0.15, 0.2) is 11.5 Å². The van der Waals surface area contributed by atoms with E-state index < -0.39 is 21.7 Å². The number of nitrogens with zero attached hydrogens (tertiary/aromatic N) is 1. The minimum Gasteiger partial charge on any atom is -0.493 e. The summed E-state index contributed by atoms with van der Waals surface area (Å²) in [6, 6.07) is 8.45. The van der Waals surface area contributed by atoms with Gasteiger partial charge in [-0.15, -0.1) is 0 Å². The van der Waals surface area contributed by atoms with E-state index in [0.717, 1.165) is 24.3 Å². The van der Waals surface area contributed by atoms with Crippen molar-refractivity contribution in [3.8, 4) is 11.5 Å². The first kappa shape index (κ1) is 16.7. The predicted octanol–water partition coefficient (Wildman–Crippen LogP) is 2.84. The molecular formula is C14H12FNO6S. The van der Waals surface area contributed by atoms with Gasteiger partial charge in [-0.25, -0.2) is 4.39 Å². The summed E-state index contributed by atoms with van der Waals surface area (Å²) in [5.74, 6) is -0.193. The van der Waals surface area contributed by atoms with Gasteiger partial charge in [-0.1, -0.05) is 12.1 Å². The van der Waals surface area contributed by atoms with E-state index in [2.05, 4.69) is 0 Å². The second-order valence-electron chi connectivity index (χ2n) is 4.37. The Hall–Kier alpha value is -2.68. The van der Waals surface area contributed by atoms with Gasteiger partial charge in [0, 0.05) is 17.7 Å². The number of benzene rings is 2. The second-order valence-corrected chi connectivity index (χ2v) is 5.92. The third-order valence-corrected chi connectivity index (χ3v) is 4.19. The minimum absolute atomic E-state index is 0.00911. The molecule has 0 heterocycles. The number of non-ortho nitro benzene ring substituents is 1. The monoisotopic (exact) mass is 341 g/mol. The van der Waals surface area contributed by atoms with E-state index in [-0.39, 0.29) is 27.6 Å². The van der Waals surface area contributed by atoms with E-state index in [4.69, 9.17) is 8.92 Å². The third-order valence-electron chi connectivity index (χ3n) is 2.95. The molecular weight excluding hydrogens is 329 g/mol. The molecule has 0 fully saturated rings. The Morgan fingerprint density at radius 2 is 1.83 bits per heavy atom. The highest BCUT2D eigenvalue weighted by Gasteiger charge is 2.22. The van der Waals surface area contributed by atoms with Crippen molar-refractivity contribution in [2.24, 2.45) is 0 Å². The van der Waals surface area contributed by atoms with Crippen LogP contribution in [-0.4, -0.2) is 20.5 Å². The van der Waals surface area contributed by atoms with Gasteiger partial charge < -0.3 is 8.92 Å². The molecule has 0 aliphatic carbocycles. The van der Waals surface area contributed by atoms with Crippen LogP contribution < -0.4 is 8.92 Å². The van der Waals surface area contributed by atoms with Gasteiger partial charge >= 0.3 is 10.1 Å². The van der Waals surface area contributed by atoms with Crippen LogP contribution in [-0.2, 0) is 16.8 Å². The van der Waals surface area contributed by atoms with Crippen LogP contribution in [0.1, 0.15) is 5.56 Å². The average molecular weight is 341 g/mol. The first-order valence-electron chi connectivity index (χ1n) is 6.30. The molecule has 0 aliphatic rings. The van der Waals surface area contributed by atoms with E-state index in [0.29, 0.717) is 0 Å². The van der Waals surface area contributed by atoms with Crippen LogP contribution in [0.25, 0.3) is 0 Å². The SMILES string of the molecule is COc1cccc(CF)c1OS(=O)(=O)c1ccc([N+](=O)[O-])cc1. The van der Waals surface area contributed by atoms with Crippen LogP contribution in [0.5, 0.6) is 11.5 Å². The normalized spacial score (nSPS) is 11.0. The molecule has 0 aliphatic heterocycles. The lowest BCUT2D eigenvalue weighted by atomic mass is 10.2. The van der Waals surface area contributed by atoms with Crippen molar-refractivity contribution in [3.63, 3.8) is 0 Å². The molecule has 2 aromatic carbocycles. The Morgan fingerprint density at radius 3 is 2.35 bits per heavy atom. The summed E-state index contributed by atoms with van der Waals surface area (Å²) in [6.07, 6.45) is 0. The number of rotatable bonds is 6. The van der Waals surface area contributed by atoms with Gasteiger partial charge in [0.1, 0.15) is 11.6 Å². The highest BCUT2D eigenvalue weighted by molar-refractivity contribution is 7.87. The summed E-state index contributed by atoms with van der Waals surface area (Å²) in [6.45, 7) is -0.942. The number of methoxy groups -OCH3 is 1. The fourth-order valence-electron chi connectivity index (χ4n) is 1.81. The minimum atomic E-state index is -4.29. The molecule has 0 bridgehead atoms. The lowest BCUT2D eigenvalue weighted by Gasteiger charge is -2.13. The molecule has 0 amide bonds. The summed E-state index contributed by atoms with van der Waals surface area (Å²) >= 11 is 0. The summed E-state index contributed by atoms with van der Waals surface area (Å²) < 4.78 is 47.5. The van der Waals surface area contributed by atoms with Gasteiger partial charge in [0.25, 0.3) is 5.69 Å². The Kier molecular flexibility index (Phi) is 4.80. The molecule has 0 spiro atoms. The zero-order chi connectivity index (χ0) is 17.0. The first-order valence-corrected chi connectivity index (χ1v) is 7.70. The Morgan fingerprint density at radius 1 is 1.17 bits per heavy atom. The van der Waals surface area contributed by atoms with E-state index in [9.17, 15) is 22.9 Å². The van der Waals surface area contributed by atoms with Crippen molar-refractivity contribution in [1.29, 1.82) is 0 Å². The van der Waals surface area contributed by atoms with E-state index in [1.165, 1.54) is 25.3 Å². The van der Waals surface area contributed by atoms with E-state index in [1.54, 1.807) is 0 Å². The van der Waals surface area contributed by atoms with Crippen molar-refractivity contribution in [3.05, 3.63) is 58.1 Å². The molecule has 2 rings (SSSR count). The van der Waals surface area contributed by atoms with Crippen LogP contribution in [0.3, 0.4) is 0 Å². The number of para-hydroxylation sites is 1. The molecule has 0 N–H and O–H groups in total. The number of hydrogen-bond acceptors (Lipinski definition) is 6. The topological polar surface area (TPSA) is 95.7 Å². The van der Waals surface area contributed by atoms with Crippen molar-refractivity contribution in [2.75, 3.05) is 7.11 Å². The standard InChI is InChI=1S/C14H12FNO6S/c1-21-13-4-2-3-10(9-15)14(13)22-23(19,20)12-7-5-11(6-8-12)16(17)18/h2-8H,9H2,1H3. The number of nitro benzene ring substituents is 1. The molecule has 0 unspecified atom stereocenters. The summed E-state index contributed by atoms with van der Waals surface area (Å²) in [5, 5.41) is 10.6. The van der Waals surface area contributed by atoms with Crippen LogP contribution >= 0.6 is 0 Å². The second kappa shape index (κ2) is 6.61. The molecule has 0 radical (unpaired) electrons. The van der Waals surface area contributed by atoms with Crippen molar-refractivity contribution >= 4 is 15.8 Å². The lowest BCUT2D eigenvalue weighted by Crippen LogP contribution is -2.11. The number of hydrogen-bond donors (Lipinski definition) is 0. The van der Waals surface area contributed by atoms with Gasteiger partial charge in [-0.3, -0.25) is 10.1 Å². The number of alkyl halides is 1. The van der Waals surface area contributed by atoms with Gasteiger partial charge in [-0.2, -0.15) is 8.42 Å². The Balaban J connectivity index is 2.40. The molecule has 122 valence electrons. The van der Waals surface area contributed by atoms with Crippen molar-refractivity contribution in [1.82, 2.24) is 0 Å². The Labute approximate surface area is 131 Å². The van der Waals surface area contributed by atoms with Gasteiger partial charge in [0.05, 0.1) is 12.0 Å². The zero-order valence-corrected chi connectivity index (χ0v) is 12.7. The van der Waals surface area contributed by atoms with Gasteiger partial charge in [-0.05, 0) is 18.2 Å². The molecule has 0 atom stereocenters. The zero-order valence-electron chi connectivity index (χ0n) is 11.9. The highest BCUT2D eigenvalue weighted by Crippen LogP contribution is 2.34. The van der Waals surface area contributed by atoms with E-state index in [1.807, 2.05) is 0 Å². The average Bonchev–Trinajstić information content (AvgIpc) is 2.54. The number of nitro groups is 1. The van der Waals surface area contributed by atoms with Crippen LogP contribution in [0, 0.1) is 10.1 Å². The van der Waals surface area contributed by atoms with Crippen LogP contribution in [0.15, 0.2) is 47.4 Å². The fourth-order valence-corrected chi connectivity index (χ4v) is 2.79. The molecule has 0 saturated heterocycles. The first-order chi connectivity index (χ1) is 10.9. The molecule has 23 heavy (non-hydrogen) atoms. The lowest BCUT2D eigenvalue weighted by molar-refractivity contribution is -0.384. The molecule has 7 nitrogen and oxygen atoms in total. The van der Waals surface area contributed by atoms with Crippen LogP contribution in [0.4, 0.5) is 10.1 Å². The smallest absolute Gasteiger partial charge is 0.339 e. The maximum Gasteiger partial charge on any atom is 0.339 e. The summed E-state index contributed by atoms with van der Waals surface area (Å²) in [4.78, 5) is 9.64. The largest absolute Gasteiger partial charge is 0.493 e.